The third-order valence-corrected chi connectivity index (χ3v) is 7.00. The molecule has 30 heavy (non-hydrogen) atoms. The lowest BCUT2D eigenvalue weighted by molar-refractivity contribution is -0.383. The number of hydrogen-bond donors (Lipinski definition) is 1. The van der Waals surface area contributed by atoms with Crippen LogP contribution in [0.25, 0.3) is 0 Å². The zero-order valence-electron chi connectivity index (χ0n) is 16.9. The van der Waals surface area contributed by atoms with E-state index in [1.165, 1.54) is 11.6 Å². The Balaban J connectivity index is 1.46. The van der Waals surface area contributed by atoms with Crippen LogP contribution < -0.4 is 5.32 Å². The van der Waals surface area contributed by atoms with E-state index in [0.717, 1.165) is 37.8 Å². The Labute approximate surface area is 181 Å². The van der Waals surface area contributed by atoms with E-state index in [0.29, 0.717) is 22.8 Å². The maximum absolute atomic E-state index is 11.3. The lowest BCUT2D eigenvalue weighted by Crippen LogP contribution is -2.45. The summed E-state index contributed by atoms with van der Waals surface area (Å²) in [7, 11) is 0. The van der Waals surface area contributed by atoms with Gasteiger partial charge < -0.3 is 10.2 Å². The molecule has 2 aromatic rings. The molecule has 0 spiro atoms. The SMILES string of the molecule is CCN(C(=S)Nc1ccccc1[N+](=O)[O-])[C@@H]1CC[C@]2(c3cccc(C#N)c3)CC2C1. The van der Waals surface area contributed by atoms with Crippen LogP contribution in [0.5, 0.6) is 0 Å². The summed E-state index contributed by atoms with van der Waals surface area (Å²) < 4.78 is 0. The molecule has 1 unspecified atom stereocenters. The van der Waals surface area contributed by atoms with Gasteiger partial charge in [0.05, 0.1) is 16.6 Å². The number of rotatable bonds is 5. The Hall–Kier alpha value is -2.98. The quantitative estimate of drug-likeness (QED) is 0.417. The van der Waals surface area contributed by atoms with Gasteiger partial charge >= 0.3 is 0 Å². The fourth-order valence-electron chi connectivity index (χ4n) is 5.04. The number of nitro benzene ring substituents is 1. The van der Waals surface area contributed by atoms with Gasteiger partial charge in [-0.3, -0.25) is 10.1 Å². The van der Waals surface area contributed by atoms with Crippen LogP contribution in [-0.2, 0) is 5.41 Å². The third kappa shape index (κ3) is 3.63. The van der Waals surface area contributed by atoms with Crippen molar-refractivity contribution < 1.29 is 4.92 Å². The highest BCUT2D eigenvalue weighted by Gasteiger charge is 2.58. The first-order valence-electron chi connectivity index (χ1n) is 10.3. The van der Waals surface area contributed by atoms with Gasteiger partial charge in [0.1, 0.15) is 5.69 Å². The fourth-order valence-corrected chi connectivity index (χ4v) is 5.43. The fraction of sp³-hybridized carbons (Fsp3) is 0.391. The van der Waals surface area contributed by atoms with E-state index in [9.17, 15) is 15.4 Å². The van der Waals surface area contributed by atoms with Gasteiger partial charge in [0.25, 0.3) is 5.69 Å². The molecule has 0 radical (unpaired) electrons. The number of para-hydroxylation sites is 2. The Morgan fingerprint density at radius 1 is 1.37 bits per heavy atom. The van der Waals surface area contributed by atoms with E-state index in [4.69, 9.17) is 12.2 Å². The van der Waals surface area contributed by atoms with Gasteiger partial charge in [-0.1, -0.05) is 24.3 Å². The van der Waals surface area contributed by atoms with E-state index in [1.54, 1.807) is 18.2 Å². The van der Waals surface area contributed by atoms with E-state index >= 15 is 0 Å². The molecule has 6 nitrogen and oxygen atoms in total. The van der Waals surface area contributed by atoms with Crippen LogP contribution in [0.1, 0.15) is 43.7 Å². The summed E-state index contributed by atoms with van der Waals surface area (Å²) in [5.74, 6) is 0.591. The number of hydrogen-bond acceptors (Lipinski definition) is 4. The molecule has 2 fully saturated rings. The van der Waals surface area contributed by atoms with Crippen molar-refractivity contribution in [3.8, 4) is 6.07 Å². The van der Waals surface area contributed by atoms with Crippen LogP contribution >= 0.6 is 12.2 Å². The van der Waals surface area contributed by atoms with Crippen molar-refractivity contribution in [3.63, 3.8) is 0 Å². The van der Waals surface area contributed by atoms with Gasteiger partial charge in [0.15, 0.2) is 5.11 Å². The molecule has 3 atom stereocenters. The molecule has 2 saturated carbocycles. The molecule has 0 saturated heterocycles. The summed E-state index contributed by atoms with van der Waals surface area (Å²) in [6, 6.07) is 17.2. The number of nitriles is 1. The second-order valence-corrected chi connectivity index (χ2v) is 8.56. The summed E-state index contributed by atoms with van der Waals surface area (Å²) in [6.07, 6.45) is 4.28. The monoisotopic (exact) mass is 420 g/mol. The number of nitrogens with one attached hydrogen (secondary N) is 1. The minimum atomic E-state index is -0.393. The zero-order chi connectivity index (χ0) is 21.3. The number of anilines is 1. The predicted molar refractivity (Wildman–Crippen MR) is 120 cm³/mol. The molecule has 0 amide bonds. The first-order valence-corrected chi connectivity index (χ1v) is 10.7. The maximum atomic E-state index is 11.3. The predicted octanol–water partition coefficient (Wildman–Crippen LogP) is 5.00. The van der Waals surface area contributed by atoms with Crippen LogP contribution in [-0.4, -0.2) is 27.5 Å². The van der Waals surface area contributed by atoms with Crippen molar-refractivity contribution in [1.82, 2.24) is 4.90 Å². The number of nitrogens with zero attached hydrogens (tertiary/aromatic N) is 3. The van der Waals surface area contributed by atoms with E-state index in [2.05, 4.69) is 29.3 Å². The van der Waals surface area contributed by atoms with Crippen LogP contribution in [0.4, 0.5) is 11.4 Å². The summed E-state index contributed by atoms with van der Waals surface area (Å²) >= 11 is 5.65. The Morgan fingerprint density at radius 2 is 2.17 bits per heavy atom. The van der Waals surface area contributed by atoms with E-state index in [1.807, 2.05) is 18.2 Å². The van der Waals surface area contributed by atoms with Crippen molar-refractivity contribution in [2.24, 2.45) is 5.92 Å². The topological polar surface area (TPSA) is 82.2 Å². The first-order chi connectivity index (χ1) is 14.5. The minimum Gasteiger partial charge on any atom is -0.346 e. The Kier molecular flexibility index (Phi) is 5.44. The van der Waals surface area contributed by atoms with Crippen LogP contribution in [0.15, 0.2) is 48.5 Å². The summed E-state index contributed by atoms with van der Waals surface area (Å²) in [4.78, 5) is 13.1. The summed E-state index contributed by atoms with van der Waals surface area (Å²) in [5.41, 5.74) is 2.66. The van der Waals surface area contributed by atoms with Crippen LogP contribution in [0, 0.1) is 27.4 Å². The summed E-state index contributed by atoms with van der Waals surface area (Å²) in [5, 5.41) is 24.2. The highest BCUT2D eigenvalue weighted by molar-refractivity contribution is 7.80. The Bertz CT molecular complexity index is 1030. The molecule has 0 aromatic heterocycles. The molecule has 2 aliphatic rings. The van der Waals surface area contributed by atoms with Gasteiger partial charge in [-0.15, -0.1) is 0 Å². The smallest absolute Gasteiger partial charge is 0.292 e. The number of nitro groups is 1. The molecule has 7 heteroatoms. The summed E-state index contributed by atoms with van der Waals surface area (Å²) in [6.45, 7) is 2.82. The van der Waals surface area contributed by atoms with Crippen molar-refractivity contribution >= 4 is 28.7 Å². The minimum absolute atomic E-state index is 0.0260. The number of thiocarbonyl (C=S) groups is 1. The molecular weight excluding hydrogens is 396 g/mol. The third-order valence-electron chi connectivity index (χ3n) is 6.66. The number of benzene rings is 2. The molecule has 0 aliphatic heterocycles. The van der Waals surface area contributed by atoms with Crippen molar-refractivity contribution in [1.29, 1.82) is 5.26 Å². The maximum Gasteiger partial charge on any atom is 0.292 e. The normalized spacial score (nSPS) is 24.3. The Morgan fingerprint density at radius 3 is 2.87 bits per heavy atom. The van der Waals surface area contributed by atoms with Crippen LogP contribution in [0.2, 0.25) is 0 Å². The zero-order valence-corrected chi connectivity index (χ0v) is 17.7. The van der Waals surface area contributed by atoms with E-state index < -0.39 is 4.92 Å². The average Bonchev–Trinajstić information content (AvgIpc) is 3.50. The molecule has 1 N–H and O–H groups in total. The van der Waals surface area contributed by atoms with Gasteiger partial charge in [-0.2, -0.15) is 5.26 Å². The highest BCUT2D eigenvalue weighted by atomic mass is 32.1. The van der Waals surface area contributed by atoms with Gasteiger partial charge in [0.2, 0.25) is 0 Å². The van der Waals surface area contributed by atoms with E-state index in [-0.39, 0.29) is 11.1 Å². The van der Waals surface area contributed by atoms with Crippen molar-refractivity contribution in [3.05, 3.63) is 69.8 Å². The van der Waals surface area contributed by atoms with Crippen LogP contribution in [0.3, 0.4) is 0 Å². The largest absolute Gasteiger partial charge is 0.346 e. The average molecular weight is 421 g/mol. The molecule has 0 bridgehead atoms. The van der Waals surface area contributed by atoms with Gasteiger partial charge in [-0.25, -0.2) is 0 Å². The molecule has 4 rings (SSSR count). The lowest BCUT2D eigenvalue weighted by atomic mass is 9.80. The molecule has 0 heterocycles. The van der Waals surface area contributed by atoms with Gasteiger partial charge in [0, 0.05) is 18.7 Å². The van der Waals surface area contributed by atoms with Crippen molar-refractivity contribution in [2.75, 3.05) is 11.9 Å². The standard InChI is InChI=1S/C23H24N4O2S/c1-2-26(22(30)25-20-8-3-4-9-21(20)27(28)29)19-10-11-23(14-18(23)13-19)17-7-5-6-16(12-17)15-24/h3-9,12,18-19H,2,10-11,13-14H2,1H3,(H,25,30)/t18?,19-,23-/m1/s1. The van der Waals surface area contributed by atoms with Crippen molar-refractivity contribution in [2.45, 2.75) is 44.1 Å². The highest BCUT2D eigenvalue weighted by Crippen LogP contribution is 2.62. The van der Waals surface area contributed by atoms with Gasteiger partial charge in [-0.05, 0) is 79.9 Å². The number of fused-ring (bicyclic) bond motifs is 1. The lowest BCUT2D eigenvalue weighted by Gasteiger charge is -2.38. The molecule has 154 valence electrons. The second kappa shape index (κ2) is 8.04. The molecular formula is C23H24N4O2S. The first kappa shape index (κ1) is 20.3. The molecule has 2 aliphatic carbocycles. The molecule has 2 aromatic carbocycles. The second-order valence-electron chi connectivity index (χ2n) is 8.17.